The zero-order valence-corrected chi connectivity index (χ0v) is 17.3. The van der Waals surface area contributed by atoms with Gasteiger partial charge in [0.05, 0.1) is 17.8 Å². The molecule has 0 saturated carbocycles. The SMILES string of the molecule is Fc1cc(C(F)(F)F)cc(F)c1Oc1cc(I)ccc1NCc1cnc(Cl)s1. The zero-order valence-electron chi connectivity index (χ0n) is 13.6. The fourth-order valence-electron chi connectivity index (χ4n) is 2.21. The molecule has 0 aliphatic heterocycles. The number of alkyl halides is 3. The molecule has 11 heteroatoms. The summed E-state index contributed by atoms with van der Waals surface area (Å²) in [5.41, 5.74) is -1.04. The van der Waals surface area contributed by atoms with Gasteiger partial charge in [0, 0.05) is 14.6 Å². The van der Waals surface area contributed by atoms with Gasteiger partial charge in [-0.15, -0.1) is 11.3 Å². The molecule has 0 radical (unpaired) electrons. The molecular weight excluding hydrogens is 538 g/mol. The van der Waals surface area contributed by atoms with Crippen LogP contribution in [0.1, 0.15) is 10.4 Å². The van der Waals surface area contributed by atoms with E-state index in [1.165, 1.54) is 17.4 Å². The van der Waals surface area contributed by atoms with E-state index in [1.807, 2.05) is 22.6 Å². The third kappa shape index (κ3) is 5.03. The van der Waals surface area contributed by atoms with Crippen LogP contribution in [0.4, 0.5) is 27.6 Å². The zero-order chi connectivity index (χ0) is 20.5. The summed E-state index contributed by atoms with van der Waals surface area (Å²) >= 11 is 9.00. The Balaban J connectivity index is 1.88. The molecule has 0 bridgehead atoms. The van der Waals surface area contributed by atoms with E-state index >= 15 is 0 Å². The van der Waals surface area contributed by atoms with Crippen LogP contribution in [0.25, 0.3) is 0 Å². The highest BCUT2D eigenvalue weighted by molar-refractivity contribution is 14.1. The average molecular weight is 547 g/mol. The molecule has 0 aliphatic rings. The predicted octanol–water partition coefficient (Wildman–Crippen LogP) is 7.10. The molecule has 1 aromatic heterocycles. The van der Waals surface area contributed by atoms with Crippen LogP contribution in [0.3, 0.4) is 0 Å². The topological polar surface area (TPSA) is 34.1 Å². The smallest absolute Gasteiger partial charge is 0.416 e. The van der Waals surface area contributed by atoms with Crippen LogP contribution in [0.5, 0.6) is 11.5 Å². The van der Waals surface area contributed by atoms with Crippen LogP contribution in [-0.4, -0.2) is 4.98 Å². The summed E-state index contributed by atoms with van der Waals surface area (Å²) in [5, 5.41) is 3.02. The van der Waals surface area contributed by atoms with Crippen molar-refractivity contribution < 1.29 is 26.7 Å². The molecule has 0 atom stereocenters. The highest BCUT2D eigenvalue weighted by atomic mass is 127. The first-order chi connectivity index (χ1) is 13.1. The lowest BCUT2D eigenvalue weighted by molar-refractivity contribution is -0.138. The molecule has 148 valence electrons. The molecule has 0 amide bonds. The summed E-state index contributed by atoms with van der Waals surface area (Å²) in [6.45, 7) is 0.319. The number of thiazole rings is 1. The fraction of sp³-hybridized carbons (Fsp3) is 0.118. The van der Waals surface area contributed by atoms with Crippen molar-refractivity contribution in [3.63, 3.8) is 0 Å². The third-order valence-corrected chi connectivity index (χ3v) is 5.25. The van der Waals surface area contributed by atoms with Gasteiger partial charge in [0.1, 0.15) is 0 Å². The molecule has 3 rings (SSSR count). The van der Waals surface area contributed by atoms with Gasteiger partial charge in [-0.25, -0.2) is 13.8 Å². The number of benzene rings is 2. The number of nitrogens with zero attached hydrogens (tertiary/aromatic N) is 1. The third-order valence-electron chi connectivity index (χ3n) is 3.46. The number of hydrogen-bond acceptors (Lipinski definition) is 4. The van der Waals surface area contributed by atoms with Crippen molar-refractivity contribution in [2.75, 3.05) is 5.32 Å². The molecule has 1 heterocycles. The lowest BCUT2D eigenvalue weighted by Gasteiger charge is -2.15. The summed E-state index contributed by atoms with van der Waals surface area (Å²) in [5.74, 6) is -3.77. The molecule has 1 N–H and O–H groups in total. The Hall–Kier alpha value is -1.66. The number of rotatable bonds is 5. The van der Waals surface area contributed by atoms with Gasteiger partial charge >= 0.3 is 6.18 Å². The van der Waals surface area contributed by atoms with E-state index in [4.69, 9.17) is 16.3 Å². The van der Waals surface area contributed by atoms with Crippen molar-refractivity contribution in [2.45, 2.75) is 12.7 Å². The van der Waals surface area contributed by atoms with Gasteiger partial charge in [-0.2, -0.15) is 13.2 Å². The van der Waals surface area contributed by atoms with E-state index in [9.17, 15) is 22.0 Å². The van der Waals surface area contributed by atoms with Crippen LogP contribution in [-0.2, 0) is 12.7 Å². The summed E-state index contributed by atoms with van der Waals surface area (Å²) in [6.07, 6.45) is -3.30. The fourth-order valence-corrected chi connectivity index (χ4v) is 3.59. The van der Waals surface area contributed by atoms with Crippen LogP contribution < -0.4 is 10.1 Å². The number of ether oxygens (including phenoxy) is 1. The van der Waals surface area contributed by atoms with Gasteiger partial charge in [0.25, 0.3) is 0 Å². The van der Waals surface area contributed by atoms with E-state index in [2.05, 4.69) is 10.3 Å². The van der Waals surface area contributed by atoms with Gasteiger partial charge in [-0.1, -0.05) is 11.6 Å². The minimum Gasteiger partial charge on any atom is -0.449 e. The monoisotopic (exact) mass is 546 g/mol. The highest BCUT2D eigenvalue weighted by Crippen LogP contribution is 2.38. The van der Waals surface area contributed by atoms with Crippen molar-refractivity contribution in [1.82, 2.24) is 4.98 Å². The first-order valence-electron chi connectivity index (χ1n) is 7.51. The summed E-state index contributed by atoms with van der Waals surface area (Å²) in [6, 6.07) is 5.24. The van der Waals surface area contributed by atoms with Crippen LogP contribution in [0.2, 0.25) is 4.47 Å². The van der Waals surface area contributed by atoms with Gasteiger partial charge in [0.15, 0.2) is 27.6 Å². The molecule has 28 heavy (non-hydrogen) atoms. The maximum absolute atomic E-state index is 14.1. The molecular formula is C17H9ClF5IN2OS. The van der Waals surface area contributed by atoms with Gasteiger partial charge in [-0.3, -0.25) is 0 Å². The number of aromatic nitrogens is 1. The van der Waals surface area contributed by atoms with Crippen LogP contribution in [0, 0.1) is 15.2 Å². The Kier molecular flexibility index (Phi) is 6.30. The van der Waals surface area contributed by atoms with E-state index in [0.717, 1.165) is 4.88 Å². The average Bonchev–Trinajstić information content (AvgIpc) is 3.01. The maximum Gasteiger partial charge on any atom is 0.416 e. The largest absolute Gasteiger partial charge is 0.449 e. The molecule has 0 spiro atoms. The molecule has 3 aromatic rings. The summed E-state index contributed by atoms with van der Waals surface area (Å²) in [4.78, 5) is 4.71. The summed E-state index contributed by atoms with van der Waals surface area (Å²) < 4.78 is 72.6. The normalized spacial score (nSPS) is 11.5. The van der Waals surface area contributed by atoms with Crippen molar-refractivity contribution in [3.05, 3.63) is 66.6 Å². The van der Waals surface area contributed by atoms with Gasteiger partial charge in [-0.05, 0) is 52.9 Å². The minimum atomic E-state index is -4.87. The molecule has 0 unspecified atom stereocenters. The second-order valence-corrected chi connectivity index (χ2v) is 8.39. The van der Waals surface area contributed by atoms with Crippen LogP contribution in [0.15, 0.2) is 36.5 Å². The van der Waals surface area contributed by atoms with E-state index < -0.39 is 29.1 Å². The number of hydrogen-bond donors (Lipinski definition) is 1. The maximum atomic E-state index is 14.1. The standard InChI is InChI=1S/C17H9ClF5IN2OS/c18-16-26-7-10(28-16)6-25-13-2-1-9(24)5-14(13)27-15-11(19)3-8(4-12(15)20)17(21,22)23/h1-5,7,25H,6H2. The molecule has 2 aromatic carbocycles. The lowest BCUT2D eigenvalue weighted by atomic mass is 10.2. The summed E-state index contributed by atoms with van der Waals surface area (Å²) in [7, 11) is 0. The number of anilines is 1. The van der Waals surface area contributed by atoms with Gasteiger partial charge < -0.3 is 10.1 Å². The minimum absolute atomic E-state index is 0.0556. The highest BCUT2D eigenvalue weighted by Gasteiger charge is 2.33. The van der Waals surface area contributed by atoms with Crippen molar-refractivity contribution in [2.24, 2.45) is 0 Å². The van der Waals surface area contributed by atoms with E-state index in [0.29, 0.717) is 20.3 Å². The molecule has 0 aliphatic carbocycles. The quantitative estimate of drug-likeness (QED) is 0.274. The van der Waals surface area contributed by atoms with Crippen molar-refractivity contribution in [1.29, 1.82) is 0 Å². The Morgan fingerprint density at radius 3 is 2.39 bits per heavy atom. The van der Waals surface area contributed by atoms with E-state index in [1.54, 1.807) is 18.3 Å². The Labute approximate surface area is 178 Å². The second-order valence-electron chi connectivity index (χ2n) is 5.44. The first kappa shape index (κ1) is 21.1. The number of halogens is 7. The van der Waals surface area contributed by atoms with Crippen molar-refractivity contribution in [3.8, 4) is 11.5 Å². The van der Waals surface area contributed by atoms with E-state index in [-0.39, 0.29) is 17.9 Å². The predicted molar refractivity (Wildman–Crippen MR) is 105 cm³/mol. The number of nitrogens with one attached hydrogen (secondary N) is 1. The molecule has 3 nitrogen and oxygen atoms in total. The van der Waals surface area contributed by atoms with Crippen LogP contribution >= 0.6 is 45.5 Å². The molecule has 0 fully saturated rings. The van der Waals surface area contributed by atoms with Gasteiger partial charge in [0.2, 0.25) is 0 Å². The van der Waals surface area contributed by atoms with Crippen molar-refractivity contribution >= 4 is 51.2 Å². The first-order valence-corrected chi connectivity index (χ1v) is 9.78. The second kappa shape index (κ2) is 8.37. The molecule has 0 saturated heterocycles. The lowest BCUT2D eigenvalue weighted by Crippen LogP contribution is -2.07. The Morgan fingerprint density at radius 2 is 1.82 bits per heavy atom. The Morgan fingerprint density at radius 1 is 1.14 bits per heavy atom. The Bertz CT molecular complexity index is 988.